The van der Waals surface area contributed by atoms with E-state index in [-0.39, 0.29) is 11.5 Å². The third-order valence-electron chi connectivity index (χ3n) is 3.95. The highest BCUT2D eigenvalue weighted by atomic mass is 16.3. The number of carbonyl (C=O) groups is 1. The summed E-state index contributed by atoms with van der Waals surface area (Å²) >= 11 is 0. The van der Waals surface area contributed by atoms with Gasteiger partial charge >= 0.3 is 0 Å². The van der Waals surface area contributed by atoms with Crippen molar-refractivity contribution >= 4 is 23.5 Å². The number of hydrogen-bond donors (Lipinski definition) is 2. The number of hydrogen-bond acceptors (Lipinski definition) is 5. The van der Waals surface area contributed by atoms with Crippen molar-refractivity contribution in [3.05, 3.63) is 59.5 Å². The summed E-state index contributed by atoms with van der Waals surface area (Å²) in [4.78, 5) is 18.4. The van der Waals surface area contributed by atoms with Crippen LogP contribution in [0.4, 0.5) is 11.4 Å². The van der Waals surface area contributed by atoms with Gasteiger partial charge in [0.1, 0.15) is 11.5 Å². The molecule has 3 rings (SSSR count). The second-order valence-electron chi connectivity index (χ2n) is 5.42. The minimum atomic E-state index is -1.15. The van der Waals surface area contributed by atoms with E-state index in [2.05, 4.69) is 4.98 Å². The van der Waals surface area contributed by atoms with Gasteiger partial charge in [0, 0.05) is 25.0 Å². The monoisotopic (exact) mass is 311 g/mol. The Hall–Kier alpha value is -2.86. The van der Waals surface area contributed by atoms with Gasteiger partial charge in [-0.15, -0.1) is 0 Å². The Balaban J connectivity index is 2.19. The summed E-state index contributed by atoms with van der Waals surface area (Å²) in [6.45, 7) is 1.94. The molecule has 6 heteroatoms. The second-order valence-corrected chi connectivity index (χ2v) is 5.42. The van der Waals surface area contributed by atoms with E-state index in [0.29, 0.717) is 23.3 Å². The number of nitrogens with zero attached hydrogens (tertiary/aromatic N) is 3. The lowest BCUT2D eigenvalue weighted by Crippen LogP contribution is -2.43. The number of fused-ring (bicyclic) bond motifs is 1. The smallest absolute Gasteiger partial charge is 0.218 e. The lowest BCUT2D eigenvalue weighted by Gasteiger charge is -2.37. The van der Waals surface area contributed by atoms with Crippen LogP contribution in [0, 0.1) is 6.92 Å². The Morgan fingerprint density at radius 1 is 1.26 bits per heavy atom. The predicted molar refractivity (Wildman–Crippen MR) is 87.9 cm³/mol. The van der Waals surface area contributed by atoms with Crippen LogP contribution in [-0.2, 0) is 4.79 Å². The Kier molecular flexibility index (Phi) is 3.75. The van der Waals surface area contributed by atoms with E-state index in [1.54, 1.807) is 42.5 Å². The first-order chi connectivity index (χ1) is 11.0. The highest BCUT2D eigenvalue weighted by Gasteiger charge is 2.34. The zero-order chi connectivity index (χ0) is 16.6. The third kappa shape index (κ3) is 2.43. The van der Waals surface area contributed by atoms with Gasteiger partial charge in [-0.3, -0.25) is 14.7 Å². The molecule has 118 valence electrons. The van der Waals surface area contributed by atoms with E-state index < -0.39 is 6.23 Å². The van der Waals surface area contributed by atoms with Crippen LogP contribution in [0.1, 0.15) is 11.1 Å². The Morgan fingerprint density at radius 2 is 1.96 bits per heavy atom. The van der Waals surface area contributed by atoms with Gasteiger partial charge < -0.3 is 15.1 Å². The minimum Gasteiger partial charge on any atom is -0.505 e. The summed E-state index contributed by atoms with van der Waals surface area (Å²) in [7, 11) is 1.71. The number of pyridine rings is 1. The van der Waals surface area contributed by atoms with Crippen LogP contribution in [0.25, 0.3) is 5.76 Å². The molecule has 1 unspecified atom stereocenters. The second kappa shape index (κ2) is 5.73. The SMILES string of the molecule is Cc1ccc2c(c1)N(C)C(O)C(N(C=O)c1ccncc1)=C2O. The minimum absolute atomic E-state index is 0.116. The molecule has 0 saturated heterocycles. The quantitative estimate of drug-likeness (QED) is 0.848. The van der Waals surface area contributed by atoms with Gasteiger partial charge in [-0.2, -0.15) is 0 Å². The molecule has 1 aliphatic heterocycles. The molecule has 0 spiro atoms. The highest BCUT2D eigenvalue weighted by molar-refractivity contribution is 5.89. The predicted octanol–water partition coefficient (Wildman–Crippen LogP) is 2.05. The number of aryl methyl sites for hydroxylation is 1. The van der Waals surface area contributed by atoms with Crippen LogP contribution in [-0.4, -0.2) is 34.9 Å². The molecule has 1 aromatic heterocycles. The highest BCUT2D eigenvalue weighted by Crippen LogP contribution is 2.38. The number of amides is 1. The van der Waals surface area contributed by atoms with Crippen molar-refractivity contribution in [1.82, 2.24) is 4.98 Å². The van der Waals surface area contributed by atoms with Crippen LogP contribution in [0.5, 0.6) is 0 Å². The van der Waals surface area contributed by atoms with Crippen LogP contribution in [0.15, 0.2) is 48.4 Å². The zero-order valence-corrected chi connectivity index (χ0v) is 12.8. The largest absolute Gasteiger partial charge is 0.505 e. The molecular weight excluding hydrogens is 294 g/mol. The van der Waals surface area contributed by atoms with E-state index in [0.717, 1.165) is 5.56 Å². The van der Waals surface area contributed by atoms with Gasteiger partial charge in [-0.05, 0) is 36.8 Å². The fraction of sp³-hybridized carbons (Fsp3) is 0.176. The standard InChI is InChI=1S/C17H17N3O3/c1-11-3-4-13-14(9-11)19(2)17(23)15(16(13)22)20(10-21)12-5-7-18-8-6-12/h3-10,17,22-23H,1-2H3. The fourth-order valence-electron chi connectivity index (χ4n) is 2.71. The number of rotatable bonds is 3. The van der Waals surface area contributed by atoms with Gasteiger partial charge in [0.2, 0.25) is 6.41 Å². The summed E-state index contributed by atoms with van der Waals surface area (Å²) in [6.07, 6.45) is 2.50. The maximum absolute atomic E-state index is 11.6. The maximum Gasteiger partial charge on any atom is 0.218 e. The van der Waals surface area contributed by atoms with Crippen molar-refractivity contribution in [3.8, 4) is 0 Å². The Morgan fingerprint density at radius 3 is 2.61 bits per heavy atom. The van der Waals surface area contributed by atoms with Gasteiger partial charge in [-0.1, -0.05) is 6.07 Å². The normalized spacial score (nSPS) is 17.0. The molecule has 1 atom stereocenters. The van der Waals surface area contributed by atoms with Crippen molar-refractivity contribution in [3.63, 3.8) is 0 Å². The molecule has 1 amide bonds. The number of likely N-dealkylation sites (N-methyl/N-ethyl adjacent to an activating group) is 1. The van der Waals surface area contributed by atoms with Crippen LogP contribution >= 0.6 is 0 Å². The summed E-state index contributed by atoms with van der Waals surface area (Å²) < 4.78 is 0. The lowest BCUT2D eigenvalue weighted by molar-refractivity contribution is -0.107. The van der Waals surface area contributed by atoms with Gasteiger partial charge in [0.15, 0.2) is 6.23 Å². The number of carbonyl (C=O) groups excluding carboxylic acids is 1. The van der Waals surface area contributed by atoms with Gasteiger partial charge in [0.25, 0.3) is 0 Å². The molecule has 0 fully saturated rings. The molecule has 2 aromatic rings. The zero-order valence-electron chi connectivity index (χ0n) is 12.8. The molecule has 0 aliphatic carbocycles. The molecule has 0 saturated carbocycles. The number of benzene rings is 1. The number of aliphatic hydroxyl groups is 2. The molecule has 2 N–H and O–H groups in total. The summed E-state index contributed by atoms with van der Waals surface area (Å²) in [5.74, 6) is -0.116. The Labute approximate surface area is 133 Å². The first-order valence-electron chi connectivity index (χ1n) is 7.14. The lowest BCUT2D eigenvalue weighted by atomic mass is 10.0. The van der Waals surface area contributed by atoms with Gasteiger partial charge in [-0.25, -0.2) is 0 Å². The third-order valence-corrected chi connectivity index (χ3v) is 3.95. The molecule has 1 aromatic carbocycles. The van der Waals surface area contributed by atoms with Gasteiger partial charge in [0.05, 0.1) is 11.4 Å². The van der Waals surface area contributed by atoms with Crippen molar-refractivity contribution in [2.45, 2.75) is 13.2 Å². The van der Waals surface area contributed by atoms with E-state index >= 15 is 0 Å². The van der Waals surface area contributed by atoms with Crippen LogP contribution < -0.4 is 9.80 Å². The molecule has 2 heterocycles. The first kappa shape index (κ1) is 15.1. The van der Waals surface area contributed by atoms with E-state index in [1.807, 2.05) is 19.1 Å². The van der Waals surface area contributed by atoms with E-state index in [4.69, 9.17) is 0 Å². The van der Waals surface area contributed by atoms with E-state index in [1.165, 1.54) is 4.90 Å². The molecule has 0 radical (unpaired) electrons. The maximum atomic E-state index is 11.6. The summed E-state index contributed by atoms with van der Waals surface area (Å²) in [5, 5.41) is 21.2. The topological polar surface area (TPSA) is 76.9 Å². The average Bonchev–Trinajstić information content (AvgIpc) is 2.57. The molecular formula is C17H17N3O3. The first-order valence-corrected chi connectivity index (χ1v) is 7.14. The van der Waals surface area contributed by atoms with Crippen molar-refractivity contribution in [2.24, 2.45) is 0 Å². The summed E-state index contributed by atoms with van der Waals surface area (Å²) in [6, 6.07) is 8.79. The van der Waals surface area contributed by atoms with Crippen molar-refractivity contribution in [2.75, 3.05) is 16.8 Å². The van der Waals surface area contributed by atoms with E-state index in [9.17, 15) is 15.0 Å². The molecule has 1 aliphatic rings. The number of anilines is 2. The van der Waals surface area contributed by atoms with Crippen LogP contribution in [0.3, 0.4) is 0 Å². The van der Waals surface area contributed by atoms with Crippen molar-refractivity contribution < 1.29 is 15.0 Å². The molecule has 23 heavy (non-hydrogen) atoms. The Bertz CT molecular complexity index is 774. The van der Waals surface area contributed by atoms with Crippen molar-refractivity contribution in [1.29, 1.82) is 0 Å². The molecule has 0 bridgehead atoms. The average molecular weight is 311 g/mol. The summed E-state index contributed by atoms with van der Waals surface area (Å²) in [5.41, 5.74) is 2.92. The fourth-order valence-corrected chi connectivity index (χ4v) is 2.71. The molecule has 6 nitrogen and oxygen atoms in total. The van der Waals surface area contributed by atoms with Crippen LogP contribution in [0.2, 0.25) is 0 Å². The number of aromatic nitrogens is 1. The number of aliphatic hydroxyl groups excluding tert-OH is 2.